The minimum absolute atomic E-state index is 0.0756. The molecule has 2 aliphatic rings. The van der Waals surface area contributed by atoms with Gasteiger partial charge in [0.15, 0.2) is 5.96 Å². The zero-order chi connectivity index (χ0) is 18.6. The molecule has 3 rings (SSSR count). The van der Waals surface area contributed by atoms with Gasteiger partial charge in [0.2, 0.25) is 0 Å². The fraction of sp³-hybridized carbons (Fsp3) is 0.800. The molecule has 0 radical (unpaired) electrons. The van der Waals surface area contributed by atoms with Crippen molar-refractivity contribution in [2.24, 2.45) is 23.4 Å². The van der Waals surface area contributed by atoms with Crippen molar-refractivity contribution < 1.29 is 5.11 Å². The molecule has 0 aromatic carbocycles. The largest absolute Gasteiger partial charge is 0.392 e. The molecule has 2 heterocycles. The van der Waals surface area contributed by atoms with Gasteiger partial charge in [-0.15, -0.1) is 0 Å². The number of aryl methyl sites for hydroxylation is 1. The molecule has 1 aliphatic carbocycles. The molecule has 2 N–H and O–H groups in total. The maximum atomic E-state index is 10.4. The number of aliphatic hydroxyl groups excluding tert-OH is 1. The quantitative estimate of drug-likeness (QED) is 0.623. The van der Waals surface area contributed by atoms with Crippen LogP contribution in [0.15, 0.2) is 17.4 Å². The average Bonchev–Trinajstić information content (AvgIpc) is 3.24. The summed E-state index contributed by atoms with van der Waals surface area (Å²) in [4.78, 5) is 7.33. The Morgan fingerprint density at radius 2 is 2.27 bits per heavy atom. The molecule has 6 heteroatoms. The number of guanidine groups is 1. The molecule has 146 valence electrons. The minimum Gasteiger partial charge on any atom is -0.392 e. The van der Waals surface area contributed by atoms with Crippen LogP contribution in [0, 0.1) is 11.3 Å². The Labute approximate surface area is 157 Å². The van der Waals surface area contributed by atoms with E-state index in [9.17, 15) is 5.11 Å². The van der Waals surface area contributed by atoms with Gasteiger partial charge < -0.3 is 15.3 Å². The number of aliphatic imine (C=N–C) groups is 1. The lowest BCUT2D eigenvalue weighted by molar-refractivity contribution is 0.00705. The van der Waals surface area contributed by atoms with Crippen LogP contribution < -0.4 is 5.32 Å². The summed E-state index contributed by atoms with van der Waals surface area (Å²) < 4.78 is 1.88. The van der Waals surface area contributed by atoms with Gasteiger partial charge in [-0.05, 0) is 44.1 Å². The van der Waals surface area contributed by atoms with Crippen LogP contribution in [-0.4, -0.2) is 58.0 Å². The standard InChI is InChI=1S/C20H35N5O/c1-4-21-19(22-15-20(2)9-6-5-7-18(20)26)25-10-8-16(14-25)11-17-12-23-24(3)13-17/h12-13,16,18,26H,4-11,14-15H2,1-3H3,(H,21,22). The smallest absolute Gasteiger partial charge is 0.193 e. The Morgan fingerprint density at radius 3 is 2.96 bits per heavy atom. The van der Waals surface area contributed by atoms with Crippen molar-refractivity contribution in [1.29, 1.82) is 0 Å². The van der Waals surface area contributed by atoms with Crippen molar-refractivity contribution in [3.8, 4) is 0 Å². The highest BCUT2D eigenvalue weighted by atomic mass is 16.3. The van der Waals surface area contributed by atoms with Gasteiger partial charge in [0.05, 0.1) is 18.8 Å². The second-order valence-electron chi connectivity index (χ2n) is 8.41. The van der Waals surface area contributed by atoms with Crippen molar-refractivity contribution >= 4 is 5.96 Å². The van der Waals surface area contributed by atoms with E-state index in [1.807, 2.05) is 17.9 Å². The topological polar surface area (TPSA) is 65.7 Å². The Hall–Kier alpha value is -1.56. The zero-order valence-corrected chi connectivity index (χ0v) is 16.6. The third kappa shape index (κ3) is 4.58. The van der Waals surface area contributed by atoms with Crippen molar-refractivity contribution in [1.82, 2.24) is 20.0 Å². The SMILES string of the molecule is CCNC(=NCC1(C)CCCCC1O)N1CCC(Cc2cnn(C)c2)C1. The molecule has 1 aromatic heterocycles. The number of aromatic nitrogens is 2. The summed E-state index contributed by atoms with van der Waals surface area (Å²) in [7, 11) is 1.97. The summed E-state index contributed by atoms with van der Waals surface area (Å²) in [6.07, 6.45) is 10.5. The molecule has 6 nitrogen and oxygen atoms in total. The van der Waals surface area contributed by atoms with Crippen LogP contribution in [-0.2, 0) is 13.5 Å². The third-order valence-corrected chi connectivity index (χ3v) is 6.07. The first-order valence-corrected chi connectivity index (χ1v) is 10.2. The predicted octanol–water partition coefficient (Wildman–Crippen LogP) is 2.19. The van der Waals surface area contributed by atoms with Crippen LogP contribution in [0.3, 0.4) is 0 Å². The van der Waals surface area contributed by atoms with Crippen molar-refractivity contribution in [2.75, 3.05) is 26.2 Å². The average molecular weight is 362 g/mol. The first kappa shape index (κ1) is 19.2. The van der Waals surface area contributed by atoms with Gasteiger partial charge in [0.25, 0.3) is 0 Å². The van der Waals surface area contributed by atoms with Gasteiger partial charge in [0, 0.05) is 38.3 Å². The monoisotopic (exact) mass is 361 g/mol. The van der Waals surface area contributed by atoms with Crippen molar-refractivity contribution in [3.63, 3.8) is 0 Å². The van der Waals surface area contributed by atoms with Gasteiger partial charge in [0.1, 0.15) is 0 Å². The van der Waals surface area contributed by atoms with E-state index in [1.165, 1.54) is 18.4 Å². The summed E-state index contributed by atoms with van der Waals surface area (Å²) in [5, 5.41) is 18.2. The van der Waals surface area contributed by atoms with Crippen LogP contribution in [0.1, 0.15) is 51.5 Å². The van der Waals surface area contributed by atoms with Crippen LogP contribution >= 0.6 is 0 Å². The van der Waals surface area contributed by atoms with E-state index >= 15 is 0 Å². The minimum atomic E-state index is -0.222. The van der Waals surface area contributed by atoms with Crippen LogP contribution in [0.25, 0.3) is 0 Å². The highest BCUT2D eigenvalue weighted by Gasteiger charge is 2.35. The second kappa shape index (κ2) is 8.42. The molecule has 1 aromatic rings. The number of nitrogens with zero attached hydrogens (tertiary/aromatic N) is 4. The van der Waals surface area contributed by atoms with Crippen LogP contribution in [0.4, 0.5) is 0 Å². The predicted molar refractivity (Wildman–Crippen MR) is 105 cm³/mol. The Kier molecular flexibility index (Phi) is 6.22. The summed E-state index contributed by atoms with van der Waals surface area (Å²) in [5.74, 6) is 1.67. The van der Waals surface area contributed by atoms with Gasteiger partial charge in [-0.1, -0.05) is 19.8 Å². The molecule has 3 atom stereocenters. The lowest BCUT2D eigenvalue weighted by atomic mass is 9.73. The Morgan fingerprint density at radius 1 is 1.42 bits per heavy atom. The summed E-state index contributed by atoms with van der Waals surface area (Å²) in [6.45, 7) is 7.99. The number of hydrogen-bond donors (Lipinski definition) is 2. The Balaban J connectivity index is 1.60. The molecular formula is C20H35N5O. The fourth-order valence-corrected chi connectivity index (χ4v) is 4.35. The number of likely N-dealkylation sites (tertiary alicyclic amines) is 1. The summed E-state index contributed by atoms with van der Waals surface area (Å²) in [5.41, 5.74) is 1.24. The van der Waals surface area contributed by atoms with Crippen LogP contribution in [0.5, 0.6) is 0 Å². The number of rotatable bonds is 5. The van der Waals surface area contributed by atoms with E-state index in [1.54, 1.807) is 0 Å². The maximum Gasteiger partial charge on any atom is 0.193 e. The normalized spacial score (nSPS) is 30.0. The number of hydrogen-bond acceptors (Lipinski definition) is 3. The van der Waals surface area contributed by atoms with E-state index in [2.05, 4.69) is 35.4 Å². The molecule has 1 aliphatic heterocycles. The van der Waals surface area contributed by atoms with E-state index in [-0.39, 0.29) is 11.5 Å². The van der Waals surface area contributed by atoms with Gasteiger partial charge in [-0.3, -0.25) is 9.67 Å². The molecule has 1 saturated carbocycles. The highest BCUT2D eigenvalue weighted by molar-refractivity contribution is 5.80. The van der Waals surface area contributed by atoms with Crippen LogP contribution in [0.2, 0.25) is 0 Å². The lowest BCUT2D eigenvalue weighted by Gasteiger charge is -2.37. The van der Waals surface area contributed by atoms with E-state index in [0.29, 0.717) is 12.5 Å². The number of aliphatic hydroxyl groups is 1. The highest BCUT2D eigenvalue weighted by Crippen LogP contribution is 2.36. The van der Waals surface area contributed by atoms with Crippen molar-refractivity contribution in [3.05, 3.63) is 18.0 Å². The molecule has 1 saturated heterocycles. The van der Waals surface area contributed by atoms with Gasteiger partial charge >= 0.3 is 0 Å². The van der Waals surface area contributed by atoms with E-state index in [0.717, 1.165) is 51.3 Å². The van der Waals surface area contributed by atoms with E-state index in [4.69, 9.17) is 4.99 Å². The summed E-state index contributed by atoms with van der Waals surface area (Å²) >= 11 is 0. The second-order valence-corrected chi connectivity index (χ2v) is 8.41. The molecule has 0 bridgehead atoms. The third-order valence-electron chi connectivity index (χ3n) is 6.07. The van der Waals surface area contributed by atoms with E-state index < -0.39 is 0 Å². The zero-order valence-electron chi connectivity index (χ0n) is 16.6. The molecule has 0 spiro atoms. The molecule has 2 fully saturated rings. The van der Waals surface area contributed by atoms with Gasteiger partial charge in [-0.2, -0.15) is 5.10 Å². The molecule has 26 heavy (non-hydrogen) atoms. The fourth-order valence-electron chi connectivity index (χ4n) is 4.35. The first-order valence-electron chi connectivity index (χ1n) is 10.2. The van der Waals surface area contributed by atoms with Crippen molar-refractivity contribution in [2.45, 2.75) is 58.5 Å². The molecule has 0 amide bonds. The summed E-state index contributed by atoms with van der Waals surface area (Å²) in [6, 6.07) is 0. The number of nitrogens with one attached hydrogen (secondary N) is 1. The maximum absolute atomic E-state index is 10.4. The lowest BCUT2D eigenvalue weighted by Crippen LogP contribution is -2.43. The molecular weight excluding hydrogens is 326 g/mol. The molecule has 3 unspecified atom stereocenters. The first-order chi connectivity index (χ1) is 12.5. The Bertz CT molecular complexity index is 613. The van der Waals surface area contributed by atoms with Gasteiger partial charge in [-0.25, -0.2) is 0 Å².